The van der Waals surface area contributed by atoms with Crippen LogP contribution in [0, 0.1) is 5.82 Å². The van der Waals surface area contributed by atoms with Gasteiger partial charge in [0.05, 0.1) is 0 Å². The van der Waals surface area contributed by atoms with Crippen molar-refractivity contribution in [2.24, 2.45) is 0 Å². The minimum atomic E-state index is -0.384. The molecule has 0 saturated carbocycles. The third-order valence-electron chi connectivity index (χ3n) is 5.47. The molecule has 0 bridgehead atoms. The first-order valence-corrected chi connectivity index (χ1v) is 10.1. The fraction of sp³-hybridized carbons (Fsp3) is 0.200. The maximum atomic E-state index is 13.0. The molecule has 1 atom stereocenters. The smallest absolute Gasteiger partial charge is 0.255 e. The first kappa shape index (κ1) is 19.8. The molecule has 0 aliphatic heterocycles. The number of halogens is 1. The van der Waals surface area contributed by atoms with Crippen LogP contribution in [-0.4, -0.2) is 11.8 Å². The third kappa shape index (κ3) is 4.74. The van der Waals surface area contributed by atoms with Crippen molar-refractivity contribution in [3.8, 4) is 0 Å². The summed E-state index contributed by atoms with van der Waals surface area (Å²) in [6.45, 7) is 0.396. The van der Waals surface area contributed by atoms with Crippen LogP contribution in [0.1, 0.15) is 45.8 Å². The van der Waals surface area contributed by atoms with Gasteiger partial charge in [-0.1, -0.05) is 36.4 Å². The molecule has 5 heteroatoms. The second-order valence-corrected chi connectivity index (χ2v) is 7.58. The van der Waals surface area contributed by atoms with E-state index in [0.29, 0.717) is 24.2 Å². The molecule has 0 fully saturated rings. The minimum absolute atomic E-state index is 0.0254. The number of aryl methyl sites for hydroxylation is 1. The fourth-order valence-electron chi connectivity index (χ4n) is 3.92. The number of fused-ring (bicyclic) bond motifs is 1. The van der Waals surface area contributed by atoms with Crippen LogP contribution >= 0.6 is 0 Å². The largest absolute Gasteiger partial charge is 0.352 e. The van der Waals surface area contributed by atoms with E-state index in [2.05, 4.69) is 22.8 Å². The van der Waals surface area contributed by atoms with Crippen molar-refractivity contribution in [2.75, 3.05) is 5.32 Å². The van der Waals surface area contributed by atoms with Gasteiger partial charge >= 0.3 is 0 Å². The Hall–Kier alpha value is -3.47. The maximum absolute atomic E-state index is 13.0. The second-order valence-electron chi connectivity index (χ2n) is 7.58. The molecule has 0 saturated heterocycles. The van der Waals surface area contributed by atoms with Gasteiger partial charge in [-0.15, -0.1) is 0 Å². The molecular formula is C25H23FN2O2. The van der Waals surface area contributed by atoms with E-state index in [9.17, 15) is 14.0 Å². The van der Waals surface area contributed by atoms with E-state index in [1.807, 2.05) is 30.3 Å². The van der Waals surface area contributed by atoms with E-state index < -0.39 is 0 Å². The van der Waals surface area contributed by atoms with Crippen LogP contribution < -0.4 is 10.6 Å². The van der Waals surface area contributed by atoms with E-state index in [1.165, 1.54) is 35.4 Å². The van der Waals surface area contributed by atoms with Crippen LogP contribution in [0.25, 0.3) is 0 Å². The number of amides is 2. The summed E-state index contributed by atoms with van der Waals surface area (Å²) in [5, 5.41) is 5.78. The molecule has 3 aromatic rings. The molecule has 4 nitrogen and oxygen atoms in total. The fourth-order valence-corrected chi connectivity index (χ4v) is 3.92. The summed E-state index contributed by atoms with van der Waals surface area (Å²) in [6, 6.07) is 21.1. The van der Waals surface area contributed by atoms with E-state index in [0.717, 1.165) is 18.4 Å². The Morgan fingerprint density at radius 3 is 2.60 bits per heavy atom. The molecule has 3 aromatic carbocycles. The summed E-state index contributed by atoms with van der Waals surface area (Å²) in [7, 11) is 0. The van der Waals surface area contributed by atoms with Gasteiger partial charge in [-0.05, 0) is 71.8 Å². The van der Waals surface area contributed by atoms with Gasteiger partial charge in [0.15, 0.2) is 0 Å². The van der Waals surface area contributed by atoms with Crippen molar-refractivity contribution < 1.29 is 14.0 Å². The number of hydrogen-bond donors (Lipinski definition) is 2. The van der Waals surface area contributed by atoms with Crippen molar-refractivity contribution >= 4 is 17.5 Å². The molecule has 4 rings (SSSR count). The van der Waals surface area contributed by atoms with Crippen LogP contribution in [0.2, 0.25) is 0 Å². The highest BCUT2D eigenvalue weighted by molar-refractivity contribution is 6.04. The molecule has 0 aromatic heterocycles. The first-order valence-electron chi connectivity index (χ1n) is 10.1. The Kier molecular flexibility index (Phi) is 5.89. The average Bonchev–Trinajstić information content (AvgIpc) is 3.16. The summed E-state index contributed by atoms with van der Waals surface area (Å²) < 4.78 is 13.0. The molecule has 30 heavy (non-hydrogen) atoms. The lowest BCUT2D eigenvalue weighted by molar-refractivity contribution is -0.121. The standard InChI is InChI=1S/C25H23FN2O2/c26-21-12-10-19(11-13-21)25(30)28-22-6-3-4-17(14-22)16-27-24(29)15-20-9-8-18-5-1-2-7-23(18)20/h1-7,10-14,20H,8-9,15-16H2,(H,27,29)(H,28,30). The lowest BCUT2D eigenvalue weighted by Gasteiger charge is -2.12. The van der Waals surface area contributed by atoms with Gasteiger partial charge in [-0.3, -0.25) is 9.59 Å². The first-order chi connectivity index (χ1) is 14.6. The van der Waals surface area contributed by atoms with Gasteiger partial charge in [0.2, 0.25) is 5.91 Å². The molecule has 152 valence electrons. The number of nitrogens with one attached hydrogen (secondary N) is 2. The van der Waals surface area contributed by atoms with Gasteiger partial charge < -0.3 is 10.6 Å². The van der Waals surface area contributed by atoms with Crippen molar-refractivity contribution in [2.45, 2.75) is 31.7 Å². The number of benzene rings is 3. The number of hydrogen-bond acceptors (Lipinski definition) is 2. The van der Waals surface area contributed by atoms with E-state index >= 15 is 0 Å². The van der Waals surface area contributed by atoms with E-state index in [-0.39, 0.29) is 23.5 Å². The Morgan fingerprint density at radius 2 is 1.77 bits per heavy atom. The molecule has 1 unspecified atom stereocenters. The lowest BCUT2D eigenvalue weighted by atomic mass is 9.97. The number of anilines is 1. The molecule has 0 heterocycles. The van der Waals surface area contributed by atoms with Gasteiger partial charge in [-0.25, -0.2) is 4.39 Å². The summed E-state index contributed by atoms with van der Waals surface area (Å²) in [4.78, 5) is 24.7. The lowest BCUT2D eigenvalue weighted by Crippen LogP contribution is -2.24. The van der Waals surface area contributed by atoms with Crippen LogP contribution in [0.3, 0.4) is 0 Å². The van der Waals surface area contributed by atoms with Gasteiger partial charge in [0.1, 0.15) is 5.82 Å². The van der Waals surface area contributed by atoms with Gasteiger partial charge in [0, 0.05) is 24.2 Å². The highest BCUT2D eigenvalue weighted by Gasteiger charge is 2.24. The third-order valence-corrected chi connectivity index (χ3v) is 5.47. The molecule has 1 aliphatic rings. The summed E-state index contributed by atoms with van der Waals surface area (Å²) in [5.41, 5.74) is 4.54. The average molecular weight is 402 g/mol. The second kappa shape index (κ2) is 8.91. The SMILES string of the molecule is O=C(CC1CCc2ccccc21)NCc1cccc(NC(=O)c2ccc(F)cc2)c1. The molecule has 0 radical (unpaired) electrons. The monoisotopic (exact) mass is 402 g/mol. The zero-order chi connectivity index (χ0) is 20.9. The van der Waals surface area contributed by atoms with Crippen LogP contribution in [0.5, 0.6) is 0 Å². The van der Waals surface area contributed by atoms with E-state index in [4.69, 9.17) is 0 Å². The Bertz CT molecular complexity index is 1060. The number of carbonyl (C=O) groups is 2. The van der Waals surface area contributed by atoms with Gasteiger partial charge in [-0.2, -0.15) is 0 Å². The normalized spacial score (nSPS) is 14.8. The van der Waals surface area contributed by atoms with Crippen molar-refractivity contribution in [1.82, 2.24) is 5.32 Å². The zero-order valence-corrected chi connectivity index (χ0v) is 16.5. The Balaban J connectivity index is 1.31. The number of carbonyl (C=O) groups excluding carboxylic acids is 2. The summed E-state index contributed by atoms with van der Waals surface area (Å²) in [6.07, 6.45) is 2.53. The quantitative estimate of drug-likeness (QED) is 0.621. The molecule has 0 spiro atoms. The zero-order valence-electron chi connectivity index (χ0n) is 16.5. The molecular weight excluding hydrogens is 379 g/mol. The van der Waals surface area contributed by atoms with Crippen molar-refractivity contribution in [3.63, 3.8) is 0 Å². The van der Waals surface area contributed by atoms with Crippen LogP contribution in [-0.2, 0) is 17.8 Å². The van der Waals surface area contributed by atoms with Gasteiger partial charge in [0.25, 0.3) is 5.91 Å². The van der Waals surface area contributed by atoms with Crippen LogP contribution in [0.4, 0.5) is 10.1 Å². The highest BCUT2D eigenvalue weighted by atomic mass is 19.1. The topological polar surface area (TPSA) is 58.2 Å². The summed E-state index contributed by atoms with van der Waals surface area (Å²) >= 11 is 0. The predicted molar refractivity (Wildman–Crippen MR) is 115 cm³/mol. The predicted octanol–water partition coefficient (Wildman–Crippen LogP) is 4.81. The Morgan fingerprint density at radius 1 is 0.967 bits per heavy atom. The van der Waals surface area contributed by atoms with Crippen LogP contribution in [0.15, 0.2) is 72.8 Å². The van der Waals surface area contributed by atoms with Crippen molar-refractivity contribution in [3.05, 3.63) is 101 Å². The molecule has 2 N–H and O–H groups in total. The number of rotatable bonds is 6. The minimum Gasteiger partial charge on any atom is -0.352 e. The maximum Gasteiger partial charge on any atom is 0.255 e. The van der Waals surface area contributed by atoms with Crippen molar-refractivity contribution in [1.29, 1.82) is 0 Å². The molecule has 2 amide bonds. The Labute approximate surface area is 175 Å². The molecule has 1 aliphatic carbocycles. The van der Waals surface area contributed by atoms with E-state index in [1.54, 1.807) is 6.07 Å². The highest BCUT2D eigenvalue weighted by Crippen LogP contribution is 2.35. The summed E-state index contributed by atoms with van der Waals surface area (Å²) in [5.74, 6) is -0.388.